The highest BCUT2D eigenvalue weighted by Gasteiger charge is 2.39. The van der Waals surface area contributed by atoms with Gasteiger partial charge in [0.05, 0.1) is 11.4 Å². The lowest BCUT2D eigenvalue weighted by atomic mass is 10.0. The number of carbonyl (C=O) groups excluding carboxylic acids is 4. The van der Waals surface area contributed by atoms with E-state index in [0.29, 0.717) is 19.4 Å². The molecule has 0 aromatic heterocycles. The molecule has 2 fully saturated rings. The van der Waals surface area contributed by atoms with Crippen molar-refractivity contribution in [3.8, 4) is 0 Å². The third kappa shape index (κ3) is 5.43. The number of sulfone groups is 1. The zero-order chi connectivity index (χ0) is 23.3. The quantitative estimate of drug-likeness (QED) is 0.409. The lowest BCUT2D eigenvalue weighted by Gasteiger charge is -2.40. The average molecular weight is 467 g/mol. The van der Waals surface area contributed by atoms with Crippen LogP contribution in [0, 0.1) is 0 Å². The average Bonchev–Trinajstić information content (AvgIpc) is 2.80. The number of piperazine rings is 1. The maximum absolute atomic E-state index is 13.0. The Morgan fingerprint density at radius 1 is 1.12 bits per heavy atom. The largest absolute Gasteiger partial charge is 0.354 e. The summed E-state index contributed by atoms with van der Waals surface area (Å²) in [5.74, 6) is -2.60. The first-order chi connectivity index (χ1) is 15.2. The van der Waals surface area contributed by atoms with Crippen LogP contribution >= 0.6 is 0 Å². The minimum Gasteiger partial charge on any atom is -0.354 e. The van der Waals surface area contributed by atoms with Crippen LogP contribution in [-0.2, 0) is 29.0 Å². The number of amides is 4. The van der Waals surface area contributed by atoms with E-state index in [-0.39, 0.29) is 42.9 Å². The first-order valence-electron chi connectivity index (χ1n) is 10.5. The van der Waals surface area contributed by atoms with Gasteiger partial charge in [0.1, 0.15) is 17.8 Å². The van der Waals surface area contributed by atoms with Crippen molar-refractivity contribution < 1.29 is 33.3 Å². The third-order valence-corrected chi connectivity index (χ3v) is 7.20. The standard InChI is InChI=1S/C20H27N5O6S/c21-11-17(26)25-10-9-24(18(27)13-32(30,31)14-5-2-1-3-6-14)12-16(25)20(29)23-15-7-4-8-22-19(15)28/h1-3,5-6,15-16H,4,7-13,21H2,(H,22,28)(H,23,29)/p+1/t15-,16+/m0/s1. The van der Waals surface area contributed by atoms with E-state index in [1.54, 1.807) is 18.2 Å². The Hall–Kier alpha value is -2.99. The van der Waals surface area contributed by atoms with E-state index in [1.165, 1.54) is 21.9 Å². The predicted octanol–water partition coefficient (Wildman–Crippen LogP) is -2.86. The van der Waals surface area contributed by atoms with Crippen LogP contribution in [0.4, 0.5) is 0 Å². The molecule has 0 radical (unpaired) electrons. The van der Waals surface area contributed by atoms with E-state index >= 15 is 0 Å². The topological polar surface area (TPSA) is 161 Å². The van der Waals surface area contributed by atoms with Gasteiger partial charge in [-0.1, -0.05) is 18.2 Å². The molecule has 5 N–H and O–H groups in total. The van der Waals surface area contributed by atoms with Crippen LogP contribution in [0.3, 0.4) is 0 Å². The molecule has 32 heavy (non-hydrogen) atoms. The molecule has 0 bridgehead atoms. The van der Waals surface area contributed by atoms with Gasteiger partial charge in [-0.3, -0.25) is 19.2 Å². The van der Waals surface area contributed by atoms with Crippen molar-refractivity contribution in [3.05, 3.63) is 30.3 Å². The monoisotopic (exact) mass is 466 g/mol. The van der Waals surface area contributed by atoms with Crippen molar-refractivity contribution in [3.63, 3.8) is 0 Å². The lowest BCUT2D eigenvalue weighted by molar-refractivity contribution is -0.357. The van der Waals surface area contributed by atoms with Crippen molar-refractivity contribution in [1.82, 2.24) is 20.4 Å². The van der Waals surface area contributed by atoms with E-state index in [0.717, 1.165) is 0 Å². The second-order valence-electron chi connectivity index (χ2n) is 7.76. The van der Waals surface area contributed by atoms with Gasteiger partial charge in [0.2, 0.25) is 17.7 Å². The van der Waals surface area contributed by atoms with E-state index in [9.17, 15) is 27.6 Å². The number of rotatable bonds is 6. The van der Waals surface area contributed by atoms with Gasteiger partial charge in [-0.15, -0.1) is 0 Å². The molecule has 174 valence electrons. The van der Waals surface area contributed by atoms with Gasteiger partial charge in [-0.2, -0.15) is 0 Å². The molecule has 0 unspecified atom stereocenters. The first kappa shape index (κ1) is 23.7. The Kier molecular flexibility index (Phi) is 7.46. The number of hydrogen-bond donors (Lipinski definition) is 3. The smallest absolute Gasteiger partial charge is 0.278 e. The normalized spacial score (nSPS) is 21.6. The summed E-state index contributed by atoms with van der Waals surface area (Å²) in [6, 6.07) is 5.91. The number of piperidine rings is 1. The zero-order valence-corrected chi connectivity index (χ0v) is 18.5. The Morgan fingerprint density at radius 2 is 1.84 bits per heavy atom. The summed E-state index contributed by atoms with van der Waals surface area (Å²) in [6.07, 6.45) is 1.19. The number of carbonyl (C=O) groups is 4. The van der Waals surface area contributed by atoms with Crippen molar-refractivity contribution in [2.24, 2.45) is 0 Å². The van der Waals surface area contributed by atoms with Gasteiger partial charge in [0.15, 0.2) is 16.4 Å². The predicted molar refractivity (Wildman–Crippen MR) is 113 cm³/mol. The van der Waals surface area contributed by atoms with Crippen LogP contribution in [0.25, 0.3) is 0 Å². The summed E-state index contributed by atoms with van der Waals surface area (Å²) < 4.78 is 25.1. The molecule has 12 heteroatoms. The summed E-state index contributed by atoms with van der Waals surface area (Å²) in [5, 5.41) is 5.34. The van der Waals surface area contributed by atoms with Crippen molar-refractivity contribution in [2.75, 3.05) is 38.5 Å². The summed E-state index contributed by atoms with van der Waals surface area (Å²) >= 11 is 0. The number of benzene rings is 1. The van der Waals surface area contributed by atoms with Crippen LogP contribution in [0.5, 0.6) is 0 Å². The fourth-order valence-corrected chi connectivity index (χ4v) is 5.06. The number of hydrogen-bond acceptors (Lipinski definition) is 6. The number of quaternary nitrogens is 1. The van der Waals surface area contributed by atoms with E-state index < -0.39 is 39.5 Å². The minimum absolute atomic E-state index is 0.0387. The molecule has 0 saturated carbocycles. The summed E-state index contributed by atoms with van der Waals surface area (Å²) in [7, 11) is -3.85. The number of nitrogens with zero attached hydrogens (tertiary/aromatic N) is 2. The second-order valence-corrected chi connectivity index (χ2v) is 9.75. The highest BCUT2D eigenvalue weighted by Crippen LogP contribution is 2.15. The minimum atomic E-state index is -3.85. The summed E-state index contributed by atoms with van der Waals surface area (Å²) in [5.41, 5.74) is 3.57. The van der Waals surface area contributed by atoms with Crippen molar-refractivity contribution in [2.45, 2.75) is 29.8 Å². The summed E-state index contributed by atoms with van der Waals surface area (Å²) in [6.45, 7) is 0.487. The molecule has 2 aliphatic heterocycles. The molecule has 0 spiro atoms. The molecule has 11 nitrogen and oxygen atoms in total. The molecule has 2 saturated heterocycles. The van der Waals surface area contributed by atoms with Crippen molar-refractivity contribution in [1.29, 1.82) is 0 Å². The van der Waals surface area contributed by atoms with Crippen LogP contribution in [0.1, 0.15) is 12.8 Å². The van der Waals surface area contributed by atoms with Gasteiger partial charge in [-0.05, 0) is 25.0 Å². The first-order valence-corrected chi connectivity index (χ1v) is 12.1. The Labute approximate surface area is 186 Å². The second kappa shape index (κ2) is 10.1. The maximum Gasteiger partial charge on any atom is 0.278 e. The molecule has 2 heterocycles. The zero-order valence-electron chi connectivity index (χ0n) is 17.7. The fourth-order valence-electron chi connectivity index (χ4n) is 3.82. The van der Waals surface area contributed by atoms with Crippen molar-refractivity contribution >= 4 is 33.5 Å². The van der Waals surface area contributed by atoms with Gasteiger partial charge >= 0.3 is 0 Å². The fraction of sp³-hybridized carbons (Fsp3) is 0.500. The Morgan fingerprint density at radius 3 is 2.50 bits per heavy atom. The number of nitrogens with one attached hydrogen (secondary N) is 2. The molecule has 2 aliphatic rings. The Bertz CT molecular complexity index is 983. The molecule has 4 amide bonds. The van der Waals surface area contributed by atoms with Gasteiger partial charge in [0, 0.05) is 19.6 Å². The van der Waals surface area contributed by atoms with Gasteiger partial charge in [-0.25, -0.2) is 8.42 Å². The molecule has 1 aromatic carbocycles. The van der Waals surface area contributed by atoms with E-state index in [2.05, 4.69) is 16.4 Å². The van der Waals surface area contributed by atoms with Gasteiger partial charge in [0.25, 0.3) is 5.91 Å². The van der Waals surface area contributed by atoms with Crippen LogP contribution < -0.4 is 16.4 Å². The van der Waals surface area contributed by atoms with E-state index in [4.69, 9.17) is 0 Å². The molecular formula is C20H28N5O6S+. The van der Waals surface area contributed by atoms with Gasteiger partial charge < -0.3 is 26.2 Å². The van der Waals surface area contributed by atoms with Crippen LogP contribution in [0.2, 0.25) is 0 Å². The SMILES string of the molecule is [NH3+]CC(=O)N1CCN(C(=O)CS(=O)(=O)c2ccccc2)C[C@@H]1C(=O)N[C@H]1CCCNC1=O. The molecule has 1 aromatic rings. The lowest BCUT2D eigenvalue weighted by Crippen LogP contribution is -2.67. The van der Waals surface area contributed by atoms with Crippen LogP contribution in [-0.4, -0.2) is 92.4 Å². The highest BCUT2D eigenvalue weighted by atomic mass is 32.2. The molecule has 0 aliphatic carbocycles. The summed E-state index contributed by atoms with van der Waals surface area (Å²) in [4.78, 5) is 52.7. The molecular weight excluding hydrogens is 438 g/mol. The maximum atomic E-state index is 13.0. The van der Waals surface area contributed by atoms with E-state index in [1.807, 2.05) is 0 Å². The molecule has 3 rings (SSSR count). The Balaban J connectivity index is 1.72. The van der Waals surface area contributed by atoms with Crippen LogP contribution in [0.15, 0.2) is 35.2 Å². The highest BCUT2D eigenvalue weighted by molar-refractivity contribution is 7.92. The third-order valence-electron chi connectivity index (χ3n) is 5.59. The molecule has 2 atom stereocenters.